The van der Waals surface area contributed by atoms with Crippen LogP contribution >= 0.6 is 0 Å². The molecule has 0 aromatic carbocycles. The molecule has 0 radical (unpaired) electrons. The normalized spacial score (nSPS) is 12.2. The van der Waals surface area contributed by atoms with Crippen molar-refractivity contribution in [1.29, 1.82) is 0 Å². The van der Waals surface area contributed by atoms with E-state index in [1.165, 1.54) is 0 Å². The lowest BCUT2D eigenvalue weighted by Crippen LogP contribution is -2.04. The van der Waals surface area contributed by atoms with Crippen LogP contribution in [0.4, 0.5) is 0 Å². The van der Waals surface area contributed by atoms with E-state index < -0.39 is 0 Å². The highest BCUT2D eigenvalue weighted by molar-refractivity contribution is 5.69. The summed E-state index contributed by atoms with van der Waals surface area (Å²) < 4.78 is 4.99. The van der Waals surface area contributed by atoms with Gasteiger partial charge in [0, 0.05) is 6.42 Å². The SMILES string of the molecule is CC.CC.CCC(=O)OCC1=CC=CCC=C1. The first kappa shape index (κ1) is 18.1. The maximum absolute atomic E-state index is 10.8. The van der Waals surface area contributed by atoms with Gasteiger partial charge in [-0.25, -0.2) is 0 Å². The Balaban J connectivity index is 0. The first-order valence-electron chi connectivity index (χ1n) is 6.50. The van der Waals surface area contributed by atoms with Gasteiger partial charge in [-0.2, -0.15) is 0 Å². The molecule has 1 rings (SSSR count). The highest BCUT2D eigenvalue weighted by atomic mass is 16.5. The van der Waals surface area contributed by atoms with Crippen LogP contribution in [0.1, 0.15) is 47.5 Å². The summed E-state index contributed by atoms with van der Waals surface area (Å²) >= 11 is 0. The molecule has 0 bridgehead atoms. The van der Waals surface area contributed by atoms with Gasteiger partial charge in [0.15, 0.2) is 0 Å². The minimum absolute atomic E-state index is 0.150. The zero-order valence-electron chi connectivity index (χ0n) is 11.8. The highest BCUT2D eigenvalue weighted by Gasteiger charge is 1.99. The second-order valence-electron chi connectivity index (χ2n) is 2.82. The fourth-order valence-electron chi connectivity index (χ4n) is 0.986. The van der Waals surface area contributed by atoms with Crippen LogP contribution in [-0.2, 0) is 9.53 Å². The smallest absolute Gasteiger partial charge is 0.305 e. The highest BCUT2D eigenvalue weighted by Crippen LogP contribution is 2.05. The van der Waals surface area contributed by atoms with Crippen LogP contribution < -0.4 is 0 Å². The molecule has 1 aliphatic carbocycles. The van der Waals surface area contributed by atoms with Gasteiger partial charge in [-0.05, 0) is 12.0 Å². The van der Waals surface area contributed by atoms with E-state index in [1.54, 1.807) is 6.92 Å². The molecule has 0 saturated carbocycles. The van der Waals surface area contributed by atoms with Crippen LogP contribution in [0.2, 0.25) is 0 Å². The second kappa shape index (κ2) is 14.7. The summed E-state index contributed by atoms with van der Waals surface area (Å²) in [4.78, 5) is 10.8. The van der Waals surface area contributed by atoms with E-state index in [2.05, 4.69) is 12.2 Å². The lowest BCUT2D eigenvalue weighted by atomic mass is 10.2. The molecule has 0 N–H and O–H groups in total. The lowest BCUT2D eigenvalue weighted by Gasteiger charge is -2.02. The average molecular weight is 238 g/mol. The van der Waals surface area contributed by atoms with E-state index >= 15 is 0 Å². The van der Waals surface area contributed by atoms with Crippen LogP contribution in [0.3, 0.4) is 0 Å². The molecule has 17 heavy (non-hydrogen) atoms. The molecule has 0 atom stereocenters. The molecule has 0 fully saturated rings. The zero-order valence-corrected chi connectivity index (χ0v) is 11.8. The van der Waals surface area contributed by atoms with Crippen molar-refractivity contribution in [3.05, 3.63) is 36.0 Å². The third kappa shape index (κ3) is 11.0. The molecule has 1 aliphatic rings. The van der Waals surface area contributed by atoms with Crippen LogP contribution in [0.15, 0.2) is 36.0 Å². The van der Waals surface area contributed by atoms with Crippen LogP contribution in [-0.4, -0.2) is 12.6 Å². The summed E-state index contributed by atoms with van der Waals surface area (Å²) in [6, 6.07) is 0. The summed E-state index contributed by atoms with van der Waals surface area (Å²) in [5.41, 5.74) is 1.04. The van der Waals surface area contributed by atoms with Crippen LogP contribution in [0.5, 0.6) is 0 Å². The van der Waals surface area contributed by atoms with Gasteiger partial charge in [-0.15, -0.1) is 0 Å². The zero-order chi connectivity index (χ0) is 13.5. The lowest BCUT2D eigenvalue weighted by molar-refractivity contribution is -0.142. The quantitative estimate of drug-likeness (QED) is 0.680. The van der Waals surface area contributed by atoms with Gasteiger partial charge in [0.1, 0.15) is 6.61 Å². The number of hydrogen-bond donors (Lipinski definition) is 0. The minimum atomic E-state index is -0.150. The Hall–Kier alpha value is -1.31. The summed E-state index contributed by atoms with van der Waals surface area (Å²) in [5.74, 6) is -0.150. The van der Waals surface area contributed by atoms with Gasteiger partial charge in [-0.3, -0.25) is 4.79 Å². The average Bonchev–Trinajstić information content (AvgIpc) is 2.69. The van der Waals surface area contributed by atoms with Crippen molar-refractivity contribution in [2.75, 3.05) is 6.61 Å². The molecule has 0 heterocycles. The summed E-state index contributed by atoms with van der Waals surface area (Å²) in [7, 11) is 0. The van der Waals surface area contributed by atoms with Crippen molar-refractivity contribution in [3.8, 4) is 0 Å². The number of esters is 1. The molecule has 0 aromatic heterocycles. The molecule has 0 aromatic rings. The third-order valence-electron chi connectivity index (χ3n) is 1.74. The Morgan fingerprint density at radius 3 is 2.47 bits per heavy atom. The van der Waals surface area contributed by atoms with Crippen molar-refractivity contribution in [2.24, 2.45) is 0 Å². The van der Waals surface area contributed by atoms with Gasteiger partial charge in [-0.1, -0.05) is 65.0 Å². The number of carbonyl (C=O) groups is 1. The Kier molecular flexibility index (Phi) is 15.6. The number of hydrogen-bond acceptors (Lipinski definition) is 2. The predicted molar refractivity (Wildman–Crippen MR) is 74.9 cm³/mol. The molecular weight excluding hydrogens is 212 g/mol. The van der Waals surface area contributed by atoms with Crippen LogP contribution in [0.25, 0.3) is 0 Å². The van der Waals surface area contributed by atoms with Crippen molar-refractivity contribution in [1.82, 2.24) is 0 Å². The van der Waals surface area contributed by atoms with Crippen molar-refractivity contribution < 1.29 is 9.53 Å². The first-order valence-corrected chi connectivity index (χ1v) is 6.50. The third-order valence-corrected chi connectivity index (χ3v) is 1.74. The van der Waals surface area contributed by atoms with E-state index in [4.69, 9.17) is 4.74 Å². The van der Waals surface area contributed by atoms with Crippen molar-refractivity contribution in [3.63, 3.8) is 0 Å². The maximum Gasteiger partial charge on any atom is 0.305 e. The molecule has 98 valence electrons. The largest absolute Gasteiger partial charge is 0.461 e. The molecule has 2 heteroatoms. The Morgan fingerprint density at radius 1 is 1.24 bits per heavy atom. The molecule has 0 unspecified atom stereocenters. The molecule has 0 spiro atoms. The molecule has 0 amide bonds. The van der Waals surface area contributed by atoms with E-state index in [-0.39, 0.29) is 5.97 Å². The molecule has 2 nitrogen and oxygen atoms in total. The molecular formula is C15H26O2. The van der Waals surface area contributed by atoms with Crippen LogP contribution in [0, 0.1) is 0 Å². The topological polar surface area (TPSA) is 26.3 Å². The van der Waals surface area contributed by atoms with E-state index in [0.29, 0.717) is 13.0 Å². The predicted octanol–water partition coefficient (Wildman–Crippen LogP) is 4.43. The van der Waals surface area contributed by atoms with E-state index in [0.717, 1.165) is 12.0 Å². The summed E-state index contributed by atoms with van der Waals surface area (Å²) in [6.45, 7) is 10.2. The van der Waals surface area contributed by atoms with Gasteiger partial charge in [0.05, 0.1) is 0 Å². The fourth-order valence-corrected chi connectivity index (χ4v) is 0.986. The van der Waals surface area contributed by atoms with Crippen molar-refractivity contribution in [2.45, 2.75) is 47.5 Å². The number of allylic oxidation sites excluding steroid dienone is 4. The van der Waals surface area contributed by atoms with Gasteiger partial charge < -0.3 is 4.74 Å². The van der Waals surface area contributed by atoms with Crippen molar-refractivity contribution >= 4 is 5.97 Å². The fraction of sp³-hybridized carbons (Fsp3) is 0.533. The Labute approximate surface area is 106 Å². The monoisotopic (exact) mass is 238 g/mol. The van der Waals surface area contributed by atoms with E-state index in [9.17, 15) is 4.79 Å². The number of rotatable bonds is 3. The van der Waals surface area contributed by atoms with Gasteiger partial charge >= 0.3 is 5.97 Å². The van der Waals surface area contributed by atoms with E-state index in [1.807, 2.05) is 45.9 Å². The number of ether oxygens (including phenoxy) is 1. The maximum atomic E-state index is 10.8. The Morgan fingerprint density at radius 2 is 1.88 bits per heavy atom. The number of carbonyl (C=O) groups excluding carboxylic acids is 1. The summed E-state index contributed by atoms with van der Waals surface area (Å²) in [5, 5.41) is 0. The molecule has 0 aliphatic heterocycles. The molecule has 0 saturated heterocycles. The second-order valence-corrected chi connectivity index (χ2v) is 2.82. The van der Waals surface area contributed by atoms with Gasteiger partial charge in [0.25, 0.3) is 0 Å². The summed E-state index contributed by atoms with van der Waals surface area (Å²) in [6.07, 6.45) is 11.4. The first-order chi connectivity index (χ1) is 8.33. The Bertz CT molecular complexity index is 260. The van der Waals surface area contributed by atoms with Gasteiger partial charge in [0.2, 0.25) is 0 Å². The standard InChI is InChI=1S/C11H14O2.2C2H6/c1-2-11(12)13-9-10-7-5-3-4-6-8-10;2*1-2/h3,5-8H,2,4,9H2,1H3;2*1-2H3. The minimum Gasteiger partial charge on any atom is -0.461 e.